The third-order valence-corrected chi connectivity index (χ3v) is 6.09. The number of hydrogen-bond acceptors (Lipinski definition) is 6. The van der Waals surface area contributed by atoms with Gasteiger partial charge >= 0.3 is 12.4 Å². The Hall–Kier alpha value is -3.19. The molecule has 0 amide bonds. The fourth-order valence-corrected chi connectivity index (χ4v) is 4.62. The second-order valence-corrected chi connectivity index (χ2v) is 8.37. The average molecular weight is 506 g/mol. The highest BCUT2D eigenvalue weighted by Gasteiger charge is 2.43. The second kappa shape index (κ2) is 9.46. The van der Waals surface area contributed by atoms with Crippen molar-refractivity contribution in [3.63, 3.8) is 0 Å². The summed E-state index contributed by atoms with van der Waals surface area (Å²) in [5.41, 5.74) is -1.41. The Morgan fingerprint density at radius 1 is 1.06 bits per heavy atom. The van der Waals surface area contributed by atoms with Crippen molar-refractivity contribution in [3.05, 3.63) is 47.6 Å². The van der Waals surface area contributed by atoms with E-state index in [9.17, 15) is 30.7 Å². The molecule has 3 atom stereocenters. The van der Waals surface area contributed by atoms with Gasteiger partial charge in [0.15, 0.2) is 23.7 Å². The number of anilines is 1. The predicted octanol–water partition coefficient (Wildman–Crippen LogP) is 4.64. The zero-order valence-corrected chi connectivity index (χ0v) is 18.4. The average Bonchev–Trinajstić information content (AvgIpc) is 3.01. The van der Waals surface area contributed by atoms with E-state index in [1.165, 1.54) is 6.20 Å². The Labute approximate surface area is 194 Å². The third-order valence-electron chi connectivity index (χ3n) is 6.09. The summed E-state index contributed by atoms with van der Waals surface area (Å²) in [4.78, 5) is 9.28. The summed E-state index contributed by atoms with van der Waals surface area (Å²) >= 11 is 0. The highest BCUT2D eigenvalue weighted by molar-refractivity contribution is 5.47. The molecule has 14 heteroatoms. The molecule has 2 aromatic heterocycles. The molecule has 0 unspecified atom stereocenters. The number of alkyl halides is 6. The van der Waals surface area contributed by atoms with Crippen LogP contribution in [0.2, 0.25) is 0 Å². The highest BCUT2D eigenvalue weighted by Crippen LogP contribution is 2.41. The number of piperidine rings is 1. The van der Waals surface area contributed by atoms with E-state index in [2.05, 4.69) is 25.1 Å². The SMILES string of the molecule is C/N=c1/c(OCC(F)(F)F)ccc(C(F)(F)F)n1/N=N/[C@@H]1[C@@H]2CC[C@H]1CN(c1ccncc1F)C2. The Morgan fingerprint density at radius 2 is 1.74 bits per heavy atom. The first-order valence-corrected chi connectivity index (χ1v) is 10.7. The van der Waals surface area contributed by atoms with Crippen molar-refractivity contribution in [1.82, 2.24) is 9.66 Å². The van der Waals surface area contributed by atoms with Crippen molar-refractivity contribution in [2.24, 2.45) is 27.2 Å². The van der Waals surface area contributed by atoms with Crippen LogP contribution in [0.5, 0.6) is 5.75 Å². The van der Waals surface area contributed by atoms with Crippen molar-refractivity contribution in [1.29, 1.82) is 0 Å². The Kier molecular flexibility index (Phi) is 6.73. The van der Waals surface area contributed by atoms with Crippen molar-refractivity contribution in [2.45, 2.75) is 31.2 Å². The molecule has 2 aliphatic rings. The third kappa shape index (κ3) is 5.40. The second-order valence-electron chi connectivity index (χ2n) is 8.37. The van der Waals surface area contributed by atoms with Crippen LogP contribution in [-0.2, 0) is 6.18 Å². The summed E-state index contributed by atoms with van der Waals surface area (Å²) in [5, 5.41) is 7.97. The molecule has 2 aromatic rings. The molecule has 0 N–H and O–H groups in total. The molecular weight excluding hydrogens is 485 g/mol. The molecule has 190 valence electrons. The monoisotopic (exact) mass is 506 g/mol. The van der Waals surface area contributed by atoms with E-state index < -0.39 is 47.7 Å². The molecule has 0 spiro atoms. The number of rotatable bonds is 5. The maximum absolute atomic E-state index is 14.2. The van der Waals surface area contributed by atoms with Crippen LogP contribution in [0.1, 0.15) is 18.5 Å². The van der Waals surface area contributed by atoms with Crippen LogP contribution < -0.4 is 15.1 Å². The molecule has 0 radical (unpaired) electrons. The first kappa shape index (κ1) is 24.9. The van der Waals surface area contributed by atoms with Gasteiger partial charge in [0.1, 0.15) is 5.69 Å². The van der Waals surface area contributed by atoms with Crippen LogP contribution in [-0.4, -0.2) is 48.6 Å². The summed E-state index contributed by atoms with van der Waals surface area (Å²) < 4.78 is 97.9. The Balaban J connectivity index is 1.64. The molecule has 2 bridgehead atoms. The number of aromatic nitrogens is 2. The smallest absolute Gasteiger partial charge is 0.433 e. The summed E-state index contributed by atoms with van der Waals surface area (Å²) in [7, 11) is 1.12. The largest absolute Gasteiger partial charge is 0.480 e. The molecule has 1 aliphatic carbocycles. The number of hydrogen-bond donors (Lipinski definition) is 0. The van der Waals surface area contributed by atoms with Gasteiger partial charge in [0.25, 0.3) is 0 Å². The van der Waals surface area contributed by atoms with Gasteiger partial charge in [0.05, 0.1) is 17.9 Å². The zero-order chi connectivity index (χ0) is 25.4. The lowest BCUT2D eigenvalue weighted by Crippen LogP contribution is -2.44. The van der Waals surface area contributed by atoms with Gasteiger partial charge in [-0.05, 0) is 31.0 Å². The van der Waals surface area contributed by atoms with Crippen LogP contribution in [0, 0.1) is 17.7 Å². The van der Waals surface area contributed by atoms with E-state index in [4.69, 9.17) is 0 Å². The van der Waals surface area contributed by atoms with Gasteiger partial charge in [0, 0.05) is 38.2 Å². The van der Waals surface area contributed by atoms with E-state index in [-0.39, 0.29) is 11.8 Å². The number of pyridine rings is 2. The summed E-state index contributed by atoms with van der Waals surface area (Å²) in [6.07, 6.45) is -5.51. The van der Waals surface area contributed by atoms with Crippen molar-refractivity contribution in [2.75, 3.05) is 31.6 Å². The number of fused-ring (bicyclic) bond motifs is 2. The van der Waals surface area contributed by atoms with E-state index in [1.807, 2.05) is 4.90 Å². The summed E-state index contributed by atoms with van der Waals surface area (Å²) in [6, 6.07) is 2.47. The maximum atomic E-state index is 14.2. The fourth-order valence-electron chi connectivity index (χ4n) is 4.62. The molecule has 1 aliphatic heterocycles. The van der Waals surface area contributed by atoms with Gasteiger partial charge in [-0.3, -0.25) is 9.98 Å². The minimum atomic E-state index is -4.87. The lowest BCUT2D eigenvalue weighted by molar-refractivity contribution is -0.154. The standard InChI is InChI=1S/C21H21F7N6O/c1-29-19-16(35-11-20(23,24)25)4-5-17(21(26,27)28)34(19)32-31-18-12-2-3-13(18)10-33(9-12)15-6-7-30-8-14(15)22/h4-8,12-13,18H,2-3,9-11H2,1H3/b29-19-,32-31+/t12-,13+,18-. The van der Waals surface area contributed by atoms with Crippen LogP contribution in [0.4, 0.5) is 36.4 Å². The van der Waals surface area contributed by atoms with Crippen LogP contribution >= 0.6 is 0 Å². The minimum Gasteiger partial charge on any atom is -0.480 e. The minimum absolute atomic E-state index is 0.0910. The van der Waals surface area contributed by atoms with Crippen molar-refractivity contribution < 1.29 is 35.5 Å². The topological polar surface area (TPSA) is 67.4 Å². The normalized spacial score (nSPS) is 23.4. The van der Waals surface area contributed by atoms with Gasteiger partial charge in [-0.1, -0.05) is 5.22 Å². The number of nitrogens with zero attached hydrogens (tertiary/aromatic N) is 6. The molecule has 2 fully saturated rings. The highest BCUT2D eigenvalue weighted by atomic mass is 19.4. The lowest BCUT2D eigenvalue weighted by atomic mass is 9.92. The van der Waals surface area contributed by atoms with Crippen molar-refractivity contribution >= 4 is 5.69 Å². The Morgan fingerprint density at radius 3 is 2.31 bits per heavy atom. The summed E-state index contributed by atoms with van der Waals surface area (Å²) in [6.45, 7) is -0.846. The van der Waals surface area contributed by atoms with Crippen molar-refractivity contribution in [3.8, 4) is 5.75 Å². The lowest BCUT2D eigenvalue weighted by Gasteiger charge is -2.37. The van der Waals surface area contributed by atoms with E-state index in [0.29, 0.717) is 29.5 Å². The zero-order valence-electron chi connectivity index (χ0n) is 18.4. The molecule has 4 rings (SSSR count). The molecule has 1 saturated heterocycles. The van der Waals surface area contributed by atoms with Crippen LogP contribution in [0.25, 0.3) is 0 Å². The van der Waals surface area contributed by atoms with Gasteiger partial charge in [-0.15, -0.1) is 0 Å². The van der Waals surface area contributed by atoms with Gasteiger partial charge in [-0.25, -0.2) is 4.39 Å². The van der Waals surface area contributed by atoms with E-state index in [1.54, 1.807) is 6.07 Å². The molecular formula is C21H21F7N6O. The number of ether oxygens (including phenoxy) is 1. The van der Waals surface area contributed by atoms with Gasteiger partial charge < -0.3 is 9.64 Å². The molecule has 1 saturated carbocycles. The molecule has 0 aromatic carbocycles. The van der Waals surface area contributed by atoms with E-state index >= 15 is 0 Å². The Bertz CT molecular complexity index is 1150. The maximum Gasteiger partial charge on any atom is 0.433 e. The van der Waals surface area contributed by atoms with Crippen LogP contribution in [0.15, 0.2) is 45.9 Å². The van der Waals surface area contributed by atoms with Gasteiger partial charge in [0.2, 0.25) is 0 Å². The quantitative estimate of drug-likeness (QED) is 0.438. The van der Waals surface area contributed by atoms with E-state index in [0.717, 1.165) is 32.2 Å². The van der Waals surface area contributed by atoms with Crippen LogP contribution in [0.3, 0.4) is 0 Å². The number of halogens is 7. The first-order valence-electron chi connectivity index (χ1n) is 10.7. The summed E-state index contributed by atoms with van der Waals surface area (Å²) in [5.74, 6) is -1.16. The molecule has 3 heterocycles. The first-order chi connectivity index (χ1) is 16.5. The van der Waals surface area contributed by atoms with Gasteiger partial charge in [-0.2, -0.15) is 36.1 Å². The molecule has 7 nitrogen and oxygen atoms in total. The molecule has 35 heavy (non-hydrogen) atoms. The fraction of sp³-hybridized carbons (Fsp3) is 0.524. The predicted molar refractivity (Wildman–Crippen MR) is 109 cm³/mol.